The van der Waals surface area contributed by atoms with Gasteiger partial charge >= 0.3 is 0 Å². The Morgan fingerprint density at radius 3 is 2.59 bits per heavy atom. The molecule has 0 spiro atoms. The van der Waals surface area contributed by atoms with Gasteiger partial charge < -0.3 is 14.4 Å². The molecule has 0 bridgehead atoms. The van der Waals surface area contributed by atoms with Crippen molar-refractivity contribution in [3.63, 3.8) is 0 Å². The van der Waals surface area contributed by atoms with Gasteiger partial charge in [-0.2, -0.15) is 0 Å². The standard InChI is InChI=1S/C22H20N4O5S2.ClH/c1-24(2)6-3-7-25(22-23-15-10-16-17(31-12-30-16)11-19(15)33-22)21(27)20-9-13-8-14(26(28)29)4-5-18(13)32-20;/h4-5,8-11H,3,6-7,12H2,1-2H3;1H. The zero-order valence-electron chi connectivity index (χ0n) is 18.3. The summed E-state index contributed by atoms with van der Waals surface area (Å²) >= 11 is 2.75. The third-order valence-corrected chi connectivity index (χ3v) is 7.40. The number of benzene rings is 2. The molecule has 9 nitrogen and oxygen atoms in total. The summed E-state index contributed by atoms with van der Waals surface area (Å²) in [4.78, 5) is 33.3. The maximum absolute atomic E-state index is 13.6. The summed E-state index contributed by atoms with van der Waals surface area (Å²) < 4.78 is 12.7. The van der Waals surface area contributed by atoms with E-state index in [1.165, 1.54) is 34.8 Å². The van der Waals surface area contributed by atoms with E-state index in [1.54, 1.807) is 17.0 Å². The SMILES string of the molecule is CN(C)CCCN(C(=O)c1cc2cc([N+](=O)[O-])ccc2s1)c1nc2cc3c(cc2s1)OCO3.Cl. The fraction of sp³-hybridized carbons (Fsp3) is 0.273. The van der Waals surface area contributed by atoms with Gasteiger partial charge in [0.25, 0.3) is 11.6 Å². The number of ether oxygens (including phenoxy) is 2. The number of carbonyl (C=O) groups excluding carboxylic acids is 1. The molecule has 2 aromatic carbocycles. The van der Waals surface area contributed by atoms with Gasteiger partial charge in [0.05, 0.1) is 20.0 Å². The van der Waals surface area contributed by atoms with Gasteiger partial charge in [-0.15, -0.1) is 23.7 Å². The van der Waals surface area contributed by atoms with Crippen LogP contribution in [-0.2, 0) is 0 Å². The average molecular weight is 521 g/mol. The predicted octanol–water partition coefficient (Wildman–Crippen LogP) is 5.17. The lowest BCUT2D eigenvalue weighted by Crippen LogP contribution is -2.32. The Balaban J connectivity index is 0.00000274. The van der Waals surface area contributed by atoms with Crippen LogP contribution in [-0.4, -0.2) is 54.7 Å². The molecule has 0 saturated heterocycles. The number of carbonyl (C=O) groups is 1. The van der Waals surface area contributed by atoms with E-state index in [2.05, 4.69) is 4.90 Å². The molecule has 2 aromatic heterocycles. The maximum Gasteiger partial charge on any atom is 0.270 e. The van der Waals surface area contributed by atoms with Gasteiger partial charge in [-0.25, -0.2) is 4.98 Å². The summed E-state index contributed by atoms with van der Waals surface area (Å²) in [6.07, 6.45) is 0.772. The number of hydrogen-bond acceptors (Lipinski definition) is 9. The molecule has 178 valence electrons. The second-order valence-electron chi connectivity index (χ2n) is 7.87. The average Bonchev–Trinajstić information content (AvgIpc) is 3.50. The Kier molecular flexibility index (Phi) is 6.89. The van der Waals surface area contributed by atoms with Crippen molar-refractivity contribution in [1.29, 1.82) is 0 Å². The van der Waals surface area contributed by atoms with Crippen LogP contribution in [0.25, 0.3) is 20.3 Å². The fourth-order valence-electron chi connectivity index (χ4n) is 3.63. The predicted molar refractivity (Wildman–Crippen MR) is 136 cm³/mol. The van der Waals surface area contributed by atoms with Gasteiger partial charge in [-0.05, 0) is 39.2 Å². The topological polar surface area (TPSA) is 98.0 Å². The monoisotopic (exact) mass is 520 g/mol. The number of nitrogens with zero attached hydrogens (tertiary/aromatic N) is 4. The lowest BCUT2D eigenvalue weighted by atomic mass is 10.2. The number of nitro groups is 1. The summed E-state index contributed by atoms with van der Waals surface area (Å²) in [5.41, 5.74) is 0.752. The largest absolute Gasteiger partial charge is 0.454 e. The molecule has 3 heterocycles. The lowest BCUT2D eigenvalue weighted by molar-refractivity contribution is -0.384. The highest BCUT2D eigenvalue weighted by atomic mass is 35.5. The van der Waals surface area contributed by atoms with Crippen LogP contribution >= 0.6 is 35.1 Å². The van der Waals surface area contributed by atoms with Crippen LogP contribution in [0, 0.1) is 10.1 Å². The van der Waals surface area contributed by atoms with Crippen LogP contribution in [0.4, 0.5) is 10.8 Å². The molecule has 1 aliphatic rings. The summed E-state index contributed by atoms with van der Waals surface area (Å²) in [5.74, 6) is 1.15. The summed E-state index contributed by atoms with van der Waals surface area (Å²) in [6.45, 7) is 1.51. The van der Waals surface area contributed by atoms with Crippen molar-refractivity contribution in [2.24, 2.45) is 0 Å². The highest BCUT2D eigenvalue weighted by Crippen LogP contribution is 2.40. The first kappa shape index (κ1) is 24.1. The molecule has 12 heteroatoms. The molecular weight excluding hydrogens is 500 g/mol. The molecule has 0 saturated carbocycles. The molecule has 0 unspecified atom stereocenters. The first-order valence-electron chi connectivity index (χ1n) is 10.2. The van der Waals surface area contributed by atoms with E-state index in [0.29, 0.717) is 33.4 Å². The van der Waals surface area contributed by atoms with Gasteiger partial charge in [0.2, 0.25) is 6.79 Å². The van der Waals surface area contributed by atoms with Crippen molar-refractivity contribution in [3.8, 4) is 11.5 Å². The third kappa shape index (κ3) is 4.64. The van der Waals surface area contributed by atoms with Crippen molar-refractivity contribution in [3.05, 3.63) is 51.4 Å². The number of rotatable bonds is 7. The number of fused-ring (bicyclic) bond motifs is 3. The van der Waals surface area contributed by atoms with E-state index in [1.807, 2.05) is 26.2 Å². The normalized spacial score (nSPS) is 12.3. The molecule has 0 aliphatic carbocycles. The number of thiophene rings is 1. The van der Waals surface area contributed by atoms with Crippen LogP contribution in [0.2, 0.25) is 0 Å². The number of non-ortho nitro benzene ring substituents is 1. The molecule has 34 heavy (non-hydrogen) atoms. The van der Waals surface area contributed by atoms with Gasteiger partial charge in [0.15, 0.2) is 16.6 Å². The molecule has 1 aliphatic heterocycles. The van der Waals surface area contributed by atoms with Gasteiger partial charge in [0, 0.05) is 40.9 Å². The van der Waals surface area contributed by atoms with Crippen molar-refractivity contribution in [2.45, 2.75) is 6.42 Å². The molecule has 1 amide bonds. The minimum Gasteiger partial charge on any atom is -0.454 e. The molecule has 5 rings (SSSR count). The summed E-state index contributed by atoms with van der Waals surface area (Å²) in [5, 5.41) is 12.4. The Morgan fingerprint density at radius 2 is 1.85 bits per heavy atom. The van der Waals surface area contributed by atoms with Crippen molar-refractivity contribution < 1.29 is 19.2 Å². The number of nitro benzene ring substituents is 1. The minimum atomic E-state index is -0.432. The van der Waals surface area contributed by atoms with Crippen molar-refractivity contribution in [1.82, 2.24) is 9.88 Å². The Morgan fingerprint density at radius 1 is 1.09 bits per heavy atom. The van der Waals surface area contributed by atoms with Gasteiger partial charge in [-0.3, -0.25) is 19.8 Å². The van der Waals surface area contributed by atoms with Crippen LogP contribution < -0.4 is 14.4 Å². The summed E-state index contributed by atoms with van der Waals surface area (Å²) in [7, 11) is 3.98. The van der Waals surface area contributed by atoms with Gasteiger partial charge in [-0.1, -0.05) is 11.3 Å². The highest BCUT2D eigenvalue weighted by Gasteiger charge is 2.25. The Labute approximate surface area is 209 Å². The molecule has 0 atom stereocenters. The van der Waals surface area contributed by atoms with Crippen LogP contribution in [0.3, 0.4) is 0 Å². The number of aromatic nitrogens is 1. The molecule has 0 radical (unpaired) electrons. The highest BCUT2D eigenvalue weighted by molar-refractivity contribution is 7.23. The number of hydrogen-bond donors (Lipinski definition) is 0. The van der Waals surface area contributed by atoms with Crippen molar-refractivity contribution in [2.75, 3.05) is 38.9 Å². The van der Waals surface area contributed by atoms with E-state index in [4.69, 9.17) is 14.5 Å². The number of halogens is 1. The number of amides is 1. The van der Waals surface area contributed by atoms with Gasteiger partial charge in [0.1, 0.15) is 0 Å². The first-order valence-corrected chi connectivity index (χ1v) is 11.9. The van der Waals surface area contributed by atoms with E-state index in [0.717, 1.165) is 27.9 Å². The smallest absolute Gasteiger partial charge is 0.270 e. The molecular formula is C22H21ClN4O5S2. The zero-order chi connectivity index (χ0) is 23.1. The zero-order valence-corrected chi connectivity index (χ0v) is 20.8. The van der Waals surface area contributed by atoms with E-state index < -0.39 is 4.92 Å². The van der Waals surface area contributed by atoms with Crippen LogP contribution in [0.5, 0.6) is 11.5 Å². The lowest BCUT2D eigenvalue weighted by Gasteiger charge is -2.20. The Bertz CT molecular complexity index is 1350. The minimum absolute atomic E-state index is 0. The van der Waals surface area contributed by atoms with E-state index in [9.17, 15) is 14.9 Å². The number of anilines is 1. The molecule has 4 aromatic rings. The second-order valence-corrected chi connectivity index (χ2v) is 9.97. The summed E-state index contributed by atoms with van der Waals surface area (Å²) in [6, 6.07) is 10.1. The third-order valence-electron chi connectivity index (χ3n) is 5.26. The quantitative estimate of drug-likeness (QED) is 0.245. The van der Waals surface area contributed by atoms with E-state index >= 15 is 0 Å². The van der Waals surface area contributed by atoms with E-state index in [-0.39, 0.29) is 30.8 Å². The molecule has 0 N–H and O–H groups in total. The van der Waals surface area contributed by atoms with Crippen LogP contribution in [0.15, 0.2) is 36.4 Å². The van der Waals surface area contributed by atoms with Crippen molar-refractivity contribution >= 4 is 72.1 Å². The van der Waals surface area contributed by atoms with Crippen LogP contribution in [0.1, 0.15) is 16.1 Å². The number of thiazole rings is 1. The second kappa shape index (κ2) is 9.71. The maximum atomic E-state index is 13.6. The molecule has 0 fully saturated rings. The fourth-order valence-corrected chi connectivity index (χ4v) is 5.63. The first-order chi connectivity index (χ1) is 15.9. The Hall–Kier alpha value is -2.99.